The lowest BCUT2D eigenvalue weighted by Crippen LogP contribution is -2.58. The highest BCUT2D eigenvalue weighted by molar-refractivity contribution is 5.95. The average molecular weight is 519 g/mol. The summed E-state index contributed by atoms with van der Waals surface area (Å²) in [6, 6.07) is 4.40. The summed E-state index contributed by atoms with van der Waals surface area (Å²) in [4.78, 5) is 65.5. The van der Waals surface area contributed by atoms with E-state index in [1.807, 2.05) is 6.07 Å². The first-order valence-electron chi connectivity index (χ1n) is 12.0. The summed E-state index contributed by atoms with van der Waals surface area (Å²) in [6.07, 6.45) is 1.21. The van der Waals surface area contributed by atoms with E-state index >= 15 is 0 Å². The summed E-state index contributed by atoms with van der Waals surface area (Å²) < 4.78 is 0. The van der Waals surface area contributed by atoms with E-state index in [4.69, 9.17) is 17.2 Å². The van der Waals surface area contributed by atoms with Gasteiger partial charge >= 0.3 is 0 Å². The van der Waals surface area contributed by atoms with E-state index in [0.29, 0.717) is 12.7 Å². The lowest BCUT2D eigenvalue weighted by Gasteiger charge is -2.25. The Hall–Kier alpha value is -4.00. The molecule has 0 aliphatic rings. The summed E-state index contributed by atoms with van der Waals surface area (Å²) >= 11 is 0. The first kappa shape index (κ1) is 31.0. The number of hydrogen-bond donors (Lipinski definition) is 7. The number of aldehydes is 1. The van der Waals surface area contributed by atoms with Crippen LogP contribution >= 0.6 is 0 Å². The average Bonchev–Trinajstić information content (AvgIpc) is 2.85. The van der Waals surface area contributed by atoms with Gasteiger partial charge in [-0.1, -0.05) is 30.3 Å². The van der Waals surface area contributed by atoms with Crippen molar-refractivity contribution in [2.24, 2.45) is 22.2 Å². The summed E-state index contributed by atoms with van der Waals surface area (Å²) in [5, 5.41) is 10.3. The zero-order valence-corrected chi connectivity index (χ0v) is 21.4. The smallest absolute Gasteiger partial charge is 0.243 e. The number of nitrogens with two attached hydrogens (primary N) is 3. The topological polar surface area (TPSA) is 224 Å². The molecule has 5 atom stereocenters. The summed E-state index contributed by atoms with van der Waals surface area (Å²) in [7, 11) is 0. The molecule has 1 aromatic rings. The van der Waals surface area contributed by atoms with Gasteiger partial charge in [0.05, 0.1) is 12.1 Å². The molecule has 204 valence electrons. The molecule has 0 saturated carbocycles. The minimum atomic E-state index is -1.06. The number of nitrogens with one attached hydrogen (secondary N) is 4. The van der Waals surface area contributed by atoms with Gasteiger partial charge < -0.3 is 43.3 Å². The number of carbonyl (C=O) groups is 5. The van der Waals surface area contributed by atoms with Crippen LogP contribution in [-0.2, 0) is 30.4 Å². The van der Waals surface area contributed by atoms with Crippen molar-refractivity contribution in [3.8, 4) is 0 Å². The van der Waals surface area contributed by atoms with Crippen molar-refractivity contribution in [2.75, 3.05) is 6.54 Å². The highest BCUT2D eigenvalue weighted by Gasteiger charge is 2.29. The molecular formula is C24H38N8O5. The lowest BCUT2D eigenvalue weighted by atomic mass is 10.0. The molecule has 0 aliphatic heterocycles. The number of nitrogens with zero attached hydrogens (tertiary/aromatic N) is 1. The Labute approximate surface area is 216 Å². The van der Waals surface area contributed by atoms with Crippen molar-refractivity contribution >= 4 is 35.9 Å². The van der Waals surface area contributed by atoms with Gasteiger partial charge in [0.25, 0.3) is 0 Å². The van der Waals surface area contributed by atoms with Crippen LogP contribution in [0.1, 0.15) is 39.2 Å². The van der Waals surface area contributed by atoms with E-state index in [1.54, 1.807) is 24.3 Å². The Balaban J connectivity index is 3.04. The minimum Gasteiger partial charge on any atom is -0.370 e. The van der Waals surface area contributed by atoms with Gasteiger partial charge in [-0.15, -0.1) is 0 Å². The van der Waals surface area contributed by atoms with E-state index < -0.39 is 53.8 Å². The second-order valence-corrected chi connectivity index (χ2v) is 8.71. The summed E-state index contributed by atoms with van der Waals surface area (Å²) in [6.45, 7) is 4.65. The first-order chi connectivity index (χ1) is 17.4. The monoisotopic (exact) mass is 518 g/mol. The summed E-state index contributed by atoms with van der Waals surface area (Å²) in [5.74, 6) is -2.44. The van der Waals surface area contributed by atoms with Crippen molar-refractivity contribution in [3.63, 3.8) is 0 Å². The molecule has 13 nitrogen and oxygen atoms in total. The molecule has 0 spiro atoms. The Morgan fingerprint density at radius 2 is 1.46 bits per heavy atom. The number of amides is 4. The van der Waals surface area contributed by atoms with Gasteiger partial charge in [0.1, 0.15) is 24.4 Å². The highest BCUT2D eigenvalue weighted by Crippen LogP contribution is 2.06. The maximum atomic E-state index is 13.2. The van der Waals surface area contributed by atoms with Gasteiger partial charge in [-0.2, -0.15) is 0 Å². The van der Waals surface area contributed by atoms with Crippen LogP contribution < -0.4 is 38.5 Å². The Morgan fingerprint density at radius 1 is 0.865 bits per heavy atom. The van der Waals surface area contributed by atoms with Crippen molar-refractivity contribution in [2.45, 2.75) is 70.2 Å². The second-order valence-electron chi connectivity index (χ2n) is 8.71. The van der Waals surface area contributed by atoms with Gasteiger partial charge in [0.2, 0.25) is 23.6 Å². The SMILES string of the molecule is C[C@H](N)C(=O)N[C@@H](Cc1ccccc1)C(=O)N[C@@H](CCCN=C(N)N)C(=O)N[C@@H](C)C(=O)N[C@@H](C)C=O. The predicted molar refractivity (Wildman–Crippen MR) is 139 cm³/mol. The quantitative estimate of drug-likeness (QED) is 0.0583. The number of hydrogen-bond acceptors (Lipinski definition) is 7. The van der Waals surface area contributed by atoms with Gasteiger partial charge in [-0.3, -0.25) is 24.2 Å². The fraction of sp³-hybridized carbons (Fsp3) is 0.500. The van der Waals surface area contributed by atoms with Crippen molar-refractivity contribution in [3.05, 3.63) is 35.9 Å². The Bertz CT molecular complexity index is 950. The van der Waals surface area contributed by atoms with Crippen LogP contribution in [0.5, 0.6) is 0 Å². The standard InChI is InChI=1S/C24H38N8O5/c1-14(13-33)29-21(35)16(3)30-22(36)18(10-7-11-28-24(26)27)31-23(37)19(32-20(34)15(2)25)12-17-8-5-4-6-9-17/h4-6,8-9,13-16,18-19H,7,10-12,25H2,1-3H3,(H,29,35)(H,30,36)(H,31,37)(H,32,34)(H4,26,27,28)/t14-,15-,16-,18-,19-/m0/s1. The maximum Gasteiger partial charge on any atom is 0.243 e. The van der Waals surface area contributed by atoms with Crippen LogP contribution in [-0.4, -0.2) is 72.6 Å². The van der Waals surface area contributed by atoms with Crippen LogP contribution in [0.15, 0.2) is 35.3 Å². The third kappa shape index (κ3) is 12.0. The highest BCUT2D eigenvalue weighted by atomic mass is 16.2. The molecule has 37 heavy (non-hydrogen) atoms. The Morgan fingerprint density at radius 3 is 2.03 bits per heavy atom. The lowest BCUT2D eigenvalue weighted by molar-refractivity contribution is -0.134. The maximum absolute atomic E-state index is 13.2. The molecule has 13 heteroatoms. The molecule has 1 rings (SSSR count). The number of carbonyl (C=O) groups excluding carboxylic acids is 5. The van der Waals surface area contributed by atoms with E-state index in [0.717, 1.165) is 5.56 Å². The molecule has 0 aromatic heterocycles. The molecular weight excluding hydrogens is 480 g/mol. The van der Waals surface area contributed by atoms with Gasteiger partial charge in [0.15, 0.2) is 5.96 Å². The third-order valence-corrected chi connectivity index (χ3v) is 5.23. The van der Waals surface area contributed by atoms with Gasteiger partial charge in [-0.05, 0) is 39.2 Å². The van der Waals surface area contributed by atoms with Crippen molar-refractivity contribution < 1.29 is 24.0 Å². The fourth-order valence-corrected chi connectivity index (χ4v) is 3.17. The third-order valence-electron chi connectivity index (χ3n) is 5.23. The molecule has 0 bridgehead atoms. The minimum absolute atomic E-state index is 0.110. The summed E-state index contributed by atoms with van der Waals surface area (Å²) in [5.41, 5.74) is 17.1. The van der Waals surface area contributed by atoms with Crippen molar-refractivity contribution in [1.29, 1.82) is 0 Å². The van der Waals surface area contributed by atoms with Crippen LogP contribution in [0, 0.1) is 0 Å². The largest absolute Gasteiger partial charge is 0.370 e. The number of benzene rings is 1. The molecule has 0 heterocycles. The Kier molecular flexibility index (Phi) is 13.3. The normalized spacial score (nSPS) is 14.6. The zero-order valence-electron chi connectivity index (χ0n) is 21.4. The molecule has 1 aromatic carbocycles. The fourth-order valence-electron chi connectivity index (χ4n) is 3.17. The molecule has 0 unspecified atom stereocenters. The number of aliphatic imine (C=N–C) groups is 1. The number of rotatable bonds is 15. The molecule has 0 saturated heterocycles. The van der Waals surface area contributed by atoms with Crippen molar-refractivity contribution in [1.82, 2.24) is 21.3 Å². The van der Waals surface area contributed by atoms with Crippen LogP contribution in [0.4, 0.5) is 0 Å². The van der Waals surface area contributed by atoms with E-state index in [9.17, 15) is 24.0 Å². The zero-order chi connectivity index (χ0) is 28.0. The van der Waals surface area contributed by atoms with E-state index in [1.165, 1.54) is 20.8 Å². The predicted octanol–water partition coefficient (Wildman–Crippen LogP) is -2.19. The molecule has 4 amide bonds. The second kappa shape index (κ2) is 15.9. The molecule has 0 fully saturated rings. The van der Waals surface area contributed by atoms with Gasteiger partial charge in [0, 0.05) is 13.0 Å². The molecule has 10 N–H and O–H groups in total. The first-order valence-corrected chi connectivity index (χ1v) is 12.0. The van der Waals surface area contributed by atoms with Crippen LogP contribution in [0.3, 0.4) is 0 Å². The van der Waals surface area contributed by atoms with E-state index in [2.05, 4.69) is 26.3 Å². The molecule has 0 aliphatic carbocycles. The van der Waals surface area contributed by atoms with Crippen LogP contribution in [0.25, 0.3) is 0 Å². The van der Waals surface area contributed by atoms with E-state index in [-0.39, 0.29) is 25.3 Å². The van der Waals surface area contributed by atoms with Gasteiger partial charge in [-0.25, -0.2) is 0 Å². The number of guanidine groups is 1. The van der Waals surface area contributed by atoms with Crippen LogP contribution in [0.2, 0.25) is 0 Å². The molecule has 0 radical (unpaired) electrons.